The van der Waals surface area contributed by atoms with E-state index in [9.17, 15) is 29.1 Å². The zero-order chi connectivity index (χ0) is 43.2. The van der Waals surface area contributed by atoms with Crippen LogP contribution in [-0.4, -0.2) is 105 Å². The first-order valence-corrected chi connectivity index (χ1v) is 23.5. The summed E-state index contributed by atoms with van der Waals surface area (Å²) in [5, 5.41) is 9.40. The third kappa shape index (κ3) is 31.6. The van der Waals surface area contributed by atoms with E-state index in [0.29, 0.717) is 44.8 Å². The van der Waals surface area contributed by atoms with E-state index in [4.69, 9.17) is 28.4 Å². The van der Waals surface area contributed by atoms with Crippen LogP contribution >= 0.6 is 0 Å². The number of hydrogen-bond acceptors (Lipinski definition) is 13. The molecule has 0 aromatic heterocycles. The summed E-state index contributed by atoms with van der Waals surface area (Å²) in [6.07, 6.45) is 22.1. The molecule has 0 heterocycles. The van der Waals surface area contributed by atoms with Gasteiger partial charge in [-0.15, -0.1) is 0 Å². The molecule has 0 radical (unpaired) electrons. The van der Waals surface area contributed by atoms with Crippen molar-refractivity contribution in [2.45, 2.75) is 194 Å². The van der Waals surface area contributed by atoms with Crippen molar-refractivity contribution >= 4 is 30.0 Å². The van der Waals surface area contributed by atoms with Gasteiger partial charge in [-0.2, -0.15) is 0 Å². The van der Waals surface area contributed by atoms with Crippen LogP contribution in [0, 0.1) is 11.8 Å². The molecular formula is C46H83NO12. The van der Waals surface area contributed by atoms with Gasteiger partial charge in [0.15, 0.2) is 0 Å². The molecule has 0 amide bonds. The van der Waals surface area contributed by atoms with Crippen LogP contribution in [-0.2, 0) is 47.6 Å². The molecule has 1 aliphatic rings. The summed E-state index contributed by atoms with van der Waals surface area (Å²) in [7, 11) is 0. The number of rotatable bonds is 40. The van der Waals surface area contributed by atoms with Crippen molar-refractivity contribution in [1.82, 2.24) is 4.90 Å². The van der Waals surface area contributed by atoms with Crippen molar-refractivity contribution in [3.8, 4) is 0 Å². The van der Waals surface area contributed by atoms with E-state index in [0.717, 1.165) is 109 Å². The average Bonchev–Trinajstić information content (AvgIpc) is 3.20. The molecule has 0 spiro atoms. The quantitative estimate of drug-likeness (QED) is 0.0353. The number of aliphatic hydroxyl groups is 1. The molecule has 0 bridgehead atoms. The summed E-state index contributed by atoms with van der Waals surface area (Å²) in [6.45, 7) is 7.44. The summed E-state index contributed by atoms with van der Waals surface area (Å²) >= 11 is 0. The zero-order valence-corrected chi connectivity index (χ0v) is 37.4. The highest BCUT2D eigenvalue weighted by Gasteiger charge is 2.25. The SMILES string of the molecule is CCCCCCCCCC(=O)OCC(COC(=O)CCCC(COC(=O)CCCCCCC)COC(=O)CCCCCCC)COC(=O)OCCN(CCO)C1CCC1. The maximum absolute atomic E-state index is 12.9. The summed E-state index contributed by atoms with van der Waals surface area (Å²) in [5.74, 6) is -2.22. The van der Waals surface area contributed by atoms with Gasteiger partial charge < -0.3 is 33.5 Å². The van der Waals surface area contributed by atoms with Crippen molar-refractivity contribution < 1.29 is 57.5 Å². The molecule has 344 valence electrons. The second kappa shape index (κ2) is 38.0. The summed E-state index contributed by atoms with van der Waals surface area (Å²) in [6, 6.07) is 0.391. The first-order valence-electron chi connectivity index (χ1n) is 23.5. The highest BCUT2D eigenvalue weighted by atomic mass is 16.7. The molecule has 13 heteroatoms. The van der Waals surface area contributed by atoms with Crippen LogP contribution in [0.2, 0.25) is 0 Å². The molecule has 1 N–H and O–H groups in total. The maximum atomic E-state index is 12.9. The van der Waals surface area contributed by atoms with E-state index >= 15 is 0 Å². The lowest BCUT2D eigenvalue weighted by Gasteiger charge is -2.36. The van der Waals surface area contributed by atoms with Gasteiger partial charge in [-0.25, -0.2) is 4.79 Å². The van der Waals surface area contributed by atoms with Crippen LogP contribution in [0.15, 0.2) is 0 Å². The monoisotopic (exact) mass is 842 g/mol. The van der Waals surface area contributed by atoms with Gasteiger partial charge in [-0.05, 0) is 44.9 Å². The fourth-order valence-electron chi connectivity index (χ4n) is 6.83. The van der Waals surface area contributed by atoms with E-state index < -0.39 is 18.0 Å². The number of ether oxygens (including phenoxy) is 6. The lowest BCUT2D eigenvalue weighted by Crippen LogP contribution is -2.43. The standard InChI is InChI=1S/C46H83NO12/c1-4-7-10-13-14-17-20-28-44(51)57-36-40(38-59-46(53)54-33-31-47(30-32-48)41-24-22-25-41)37-58-45(52)29-21-23-39(34-55-42(49)26-18-15-11-8-5-2)35-56-43(50)27-19-16-12-9-6-3/h39-41,48H,4-38H2,1-3H3. The molecule has 1 unspecified atom stereocenters. The Balaban J connectivity index is 2.65. The lowest BCUT2D eigenvalue weighted by atomic mass is 9.91. The predicted octanol–water partition coefficient (Wildman–Crippen LogP) is 9.42. The zero-order valence-electron chi connectivity index (χ0n) is 37.4. The molecule has 1 aliphatic carbocycles. The maximum Gasteiger partial charge on any atom is 0.508 e. The number of carbonyl (C=O) groups is 5. The Bertz CT molecular complexity index is 1050. The van der Waals surface area contributed by atoms with Crippen molar-refractivity contribution in [3.63, 3.8) is 0 Å². The van der Waals surface area contributed by atoms with Crippen molar-refractivity contribution in [1.29, 1.82) is 0 Å². The molecule has 0 aromatic rings. The molecule has 1 saturated carbocycles. The number of hydrogen-bond donors (Lipinski definition) is 1. The summed E-state index contributed by atoms with van der Waals surface area (Å²) in [5.41, 5.74) is 0. The Hall–Kier alpha value is -2.93. The summed E-state index contributed by atoms with van der Waals surface area (Å²) in [4.78, 5) is 64.9. The number of nitrogens with zero attached hydrogens (tertiary/aromatic N) is 1. The van der Waals surface area contributed by atoms with Crippen LogP contribution < -0.4 is 0 Å². The number of carbonyl (C=O) groups excluding carboxylic acids is 5. The van der Waals surface area contributed by atoms with E-state index in [-0.39, 0.29) is 82.9 Å². The van der Waals surface area contributed by atoms with Crippen LogP contribution in [0.4, 0.5) is 4.79 Å². The molecule has 0 aliphatic heterocycles. The van der Waals surface area contributed by atoms with Gasteiger partial charge in [0.2, 0.25) is 0 Å². The molecule has 0 aromatic carbocycles. The van der Waals surface area contributed by atoms with Crippen molar-refractivity contribution in [2.24, 2.45) is 11.8 Å². The molecule has 59 heavy (non-hydrogen) atoms. The minimum Gasteiger partial charge on any atom is -0.465 e. The van der Waals surface area contributed by atoms with Gasteiger partial charge in [-0.3, -0.25) is 24.1 Å². The molecule has 13 nitrogen and oxygen atoms in total. The van der Waals surface area contributed by atoms with Crippen molar-refractivity contribution in [3.05, 3.63) is 0 Å². The van der Waals surface area contributed by atoms with E-state index in [2.05, 4.69) is 25.7 Å². The van der Waals surface area contributed by atoms with Gasteiger partial charge in [-0.1, -0.05) is 117 Å². The molecule has 1 atom stereocenters. The van der Waals surface area contributed by atoms with Gasteiger partial charge >= 0.3 is 30.0 Å². The van der Waals surface area contributed by atoms with Crippen LogP contribution in [0.1, 0.15) is 188 Å². The first-order chi connectivity index (χ1) is 28.7. The molecule has 0 saturated heterocycles. The van der Waals surface area contributed by atoms with Gasteiger partial charge in [0.05, 0.1) is 25.7 Å². The normalized spacial score (nSPS) is 13.2. The second-order valence-electron chi connectivity index (χ2n) is 16.3. The molecular weight excluding hydrogens is 759 g/mol. The number of aliphatic hydroxyl groups excluding tert-OH is 1. The van der Waals surface area contributed by atoms with Gasteiger partial charge in [0.1, 0.15) is 26.4 Å². The third-order valence-electron chi connectivity index (χ3n) is 10.9. The highest BCUT2D eigenvalue weighted by Crippen LogP contribution is 2.24. The lowest BCUT2D eigenvalue weighted by molar-refractivity contribution is -0.152. The van der Waals surface area contributed by atoms with Crippen molar-refractivity contribution in [2.75, 3.05) is 59.3 Å². The summed E-state index contributed by atoms with van der Waals surface area (Å²) < 4.78 is 32.8. The van der Waals surface area contributed by atoms with E-state index in [1.807, 2.05) is 0 Å². The Morgan fingerprint density at radius 1 is 0.492 bits per heavy atom. The fourth-order valence-corrected chi connectivity index (χ4v) is 6.83. The minimum atomic E-state index is -0.867. The van der Waals surface area contributed by atoms with E-state index in [1.54, 1.807) is 0 Å². The van der Waals surface area contributed by atoms with Crippen LogP contribution in [0.3, 0.4) is 0 Å². The smallest absolute Gasteiger partial charge is 0.465 e. The Kier molecular flexibility index (Phi) is 34.9. The predicted molar refractivity (Wildman–Crippen MR) is 228 cm³/mol. The van der Waals surface area contributed by atoms with Crippen LogP contribution in [0.5, 0.6) is 0 Å². The Morgan fingerprint density at radius 2 is 0.881 bits per heavy atom. The Morgan fingerprint density at radius 3 is 1.29 bits per heavy atom. The molecule has 1 rings (SSSR count). The molecule has 1 fully saturated rings. The van der Waals surface area contributed by atoms with Crippen LogP contribution in [0.25, 0.3) is 0 Å². The topological polar surface area (TPSA) is 164 Å². The minimum absolute atomic E-state index is 0.0308. The van der Waals surface area contributed by atoms with E-state index in [1.165, 1.54) is 19.3 Å². The van der Waals surface area contributed by atoms with Gasteiger partial charge in [0.25, 0.3) is 0 Å². The largest absolute Gasteiger partial charge is 0.508 e. The number of esters is 4. The second-order valence-corrected chi connectivity index (χ2v) is 16.3. The highest BCUT2D eigenvalue weighted by molar-refractivity contribution is 5.70. The van der Waals surface area contributed by atoms with Gasteiger partial charge in [0, 0.05) is 50.7 Å². The average molecular weight is 842 g/mol. The Labute approximate surface area is 356 Å². The fraction of sp³-hybridized carbons (Fsp3) is 0.891. The number of unbranched alkanes of at least 4 members (excludes halogenated alkanes) is 14. The first kappa shape index (κ1) is 54.1. The third-order valence-corrected chi connectivity index (χ3v) is 10.9.